The van der Waals surface area contributed by atoms with E-state index in [1.165, 1.54) is 0 Å². The molecule has 0 amide bonds. The lowest BCUT2D eigenvalue weighted by molar-refractivity contribution is -0.449. The Balaban J connectivity index is 5.16. The molecule has 0 aromatic carbocycles. The van der Waals surface area contributed by atoms with Crippen LogP contribution in [-0.4, -0.2) is 26.0 Å². The van der Waals surface area contributed by atoms with E-state index in [-0.39, 0.29) is 22.6 Å². The Hall–Kier alpha value is 0.720. The van der Waals surface area contributed by atoms with Gasteiger partial charge in [0.2, 0.25) is 0 Å². The van der Waals surface area contributed by atoms with Gasteiger partial charge in [-0.05, 0) is 22.6 Å². The van der Waals surface area contributed by atoms with Crippen molar-refractivity contribution in [1.29, 1.82) is 0 Å². The van der Waals surface area contributed by atoms with Crippen LogP contribution in [0.2, 0.25) is 0 Å². The molecule has 0 radical (unpaired) electrons. The summed E-state index contributed by atoms with van der Waals surface area (Å²) >= 11 is -0.298. The zero-order chi connectivity index (χ0) is 15.9. The largest absolute Gasteiger partial charge is 0.431 e. The van der Waals surface area contributed by atoms with Gasteiger partial charge in [0.1, 0.15) is 6.42 Å². The van der Waals surface area contributed by atoms with E-state index in [1.54, 1.807) is 0 Å². The molecule has 0 bridgehead atoms. The third kappa shape index (κ3) is 5.55. The Kier molecular flexibility index (Phi) is 5.70. The van der Waals surface area contributed by atoms with Crippen molar-refractivity contribution in [3.63, 3.8) is 0 Å². The van der Waals surface area contributed by atoms with Gasteiger partial charge in [-0.3, -0.25) is 0 Å². The third-order valence-corrected chi connectivity index (χ3v) is 2.46. The summed E-state index contributed by atoms with van der Waals surface area (Å²) in [5.74, 6) is -6.31. The van der Waals surface area contributed by atoms with Gasteiger partial charge in [-0.25, -0.2) is 4.74 Å². The minimum absolute atomic E-state index is 0.115. The van der Waals surface area contributed by atoms with Crippen LogP contribution in [0.25, 0.3) is 0 Å². The van der Waals surface area contributed by atoms with E-state index >= 15 is 0 Å². The van der Waals surface area contributed by atoms with E-state index in [1.807, 2.05) is 0 Å². The monoisotopic (exact) mass is 534 g/mol. The molecule has 0 rings (SSSR count). The average Bonchev–Trinajstić information content (AvgIpc) is 1.92. The van der Waals surface area contributed by atoms with Crippen molar-refractivity contribution in [3.05, 3.63) is 0 Å². The zero-order valence-corrected chi connectivity index (χ0v) is 12.5. The second kappa shape index (κ2) is 5.49. The summed E-state index contributed by atoms with van der Waals surface area (Å²) in [4.78, 5) is 0. The number of halogens is 12. The number of rotatable bonds is 6. The first-order valence-electron chi connectivity index (χ1n) is 3.88. The van der Waals surface area contributed by atoms with E-state index < -0.39 is 55.0 Å². The van der Waals surface area contributed by atoms with Gasteiger partial charge in [-0.2, -0.15) is 43.9 Å². The maximum absolute atomic E-state index is 12.6. The van der Waals surface area contributed by atoms with Crippen LogP contribution in [0, 0.1) is 0 Å². The highest BCUT2D eigenvalue weighted by Gasteiger charge is 2.74. The second-order valence-electron chi connectivity index (χ2n) is 3.12. The summed E-state index contributed by atoms with van der Waals surface area (Å²) < 4.78 is 117. The Morgan fingerprint density at radius 2 is 1.11 bits per heavy atom. The van der Waals surface area contributed by atoms with E-state index in [0.29, 0.717) is 0 Å². The van der Waals surface area contributed by atoms with Crippen molar-refractivity contribution in [2.24, 2.45) is 0 Å². The Labute approximate surface area is 126 Å². The quantitative estimate of drug-likeness (QED) is 0.257. The predicted molar refractivity (Wildman–Crippen MR) is 58.5 cm³/mol. The normalized spacial score (nSPS) is 15.8. The van der Waals surface area contributed by atoms with Gasteiger partial charge in [0, 0.05) is 22.6 Å². The van der Waals surface area contributed by atoms with Crippen LogP contribution in [0.5, 0.6) is 0 Å². The lowest BCUT2D eigenvalue weighted by atomic mass is 10.3. The van der Waals surface area contributed by atoms with Crippen LogP contribution < -0.4 is 0 Å². The zero-order valence-electron chi connectivity index (χ0n) is 8.15. The van der Waals surface area contributed by atoms with Crippen LogP contribution in [-0.2, 0) is 4.74 Å². The summed E-state index contributed by atoms with van der Waals surface area (Å²) in [6, 6.07) is 0. The Bertz CT molecular complexity index is 319. The van der Waals surface area contributed by atoms with Crippen LogP contribution in [0.1, 0.15) is 6.42 Å². The highest BCUT2D eigenvalue weighted by atomic mass is 127. The SMILES string of the molecule is FC(F)(I)CC(F)(F)OC(F)(F)C(F)(F)C(F)(F)I. The molecule has 0 N–H and O–H groups in total. The second-order valence-corrected chi connectivity index (χ2v) is 6.05. The molecule has 0 aliphatic carbocycles. The Morgan fingerprint density at radius 3 is 1.37 bits per heavy atom. The molecule has 13 heteroatoms. The number of hydrogen-bond acceptors (Lipinski definition) is 1. The fourth-order valence-electron chi connectivity index (χ4n) is 0.686. The van der Waals surface area contributed by atoms with Crippen molar-refractivity contribution in [3.8, 4) is 0 Å². The van der Waals surface area contributed by atoms with Gasteiger partial charge in [0.25, 0.3) is 0 Å². The minimum Gasteiger partial charge on any atom is -0.250 e. The standard InChI is InChI=1S/C6H2F10I2O/c7-2(8,17)1-3(9,10)19-6(15,16)4(11,12)5(13,14)18/h1H2. The summed E-state index contributed by atoms with van der Waals surface area (Å²) in [5, 5.41) is 0. The molecule has 0 heterocycles. The molecule has 0 spiro atoms. The molecule has 0 aromatic heterocycles. The molecule has 0 fully saturated rings. The number of hydrogen-bond donors (Lipinski definition) is 0. The molecule has 0 saturated carbocycles. The lowest BCUT2D eigenvalue weighted by Gasteiger charge is -2.32. The van der Waals surface area contributed by atoms with Gasteiger partial charge in [-0.1, -0.05) is 0 Å². The lowest BCUT2D eigenvalue weighted by Crippen LogP contribution is -2.55. The average molecular weight is 534 g/mol. The fourth-order valence-corrected chi connectivity index (χ4v) is 1.44. The third-order valence-electron chi connectivity index (χ3n) is 1.41. The number of alkyl halides is 12. The van der Waals surface area contributed by atoms with E-state index in [4.69, 9.17) is 0 Å². The number of ether oxygens (including phenoxy) is 1. The first-order chi connectivity index (χ1) is 7.91. The van der Waals surface area contributed by atoms with Gasteiger partial charge in [-0.15, -0.1) is 0 Å². The maximum Gasteiger partial charge on any atom is 0.431 e. The molecule has 0 atom stereocenters. The summed E-state index contributed by atoms with van der Waals surface area (Å²) in [6.45, 7) is 0. The van der Waals surface area contributed by atoms with Crippen molar-refractivity contribution in [2.75, 3.05) is 0 Å². The van der Waals surface area contributed by atoms with Gasteiger partial charge in [0.15, 0.2) is 0 Å². The smallest absolute Gasteiger partial charge is 0.250 e. The summed E-state index contributed by atoms with van der Waals surface area (Å²) in [7, 11) is 0. The molecule has 0 aliphatic rings. The van der Waals surface area contributed by atoms with Crippen molar-refractivity contribution < 1.29 is 48.6 Å². The highest BCUT2D eigenvalue weighted by Crippen LogP contribution is 2.52. The van der Waals surface area contributed by atoms with Gasteiger partial charge in [0.05, 0.1) is 0 Å². The highest BCUT2D eigenvalue weighted by molar-refractivity contribution is 14.1. The summed E-state index contributed by atoms with van der Waals surface area (Å²) in [5.41, 5.74) is 0. The molecule has 0 saturated heterocycles. The maximum atomic E-state index is 12.6. The van der Waals surface area contributed by atoms with Crippen molar-refractivity contribution >= 4 is 45.2 Å². The minimum atomic E-state index is -6.34. The van der Waals surface area contributed by atoms with E-state index in [0.717, 1.165) is 0 Å². The fraction of sp³-hybridized carbons (Fsp3) is 1.00. The van der Waals surface area contributed by atoms with Crippen LogP contribution in [0.4, 0.5) is 43.9 Å². The molecular weight excluding hydrogens is 532 g/mol. The Morgan fingerprint density at radius 1 is 0.737 bits per heavy atom. The first-order valence-corrected chi connectivity index (χ1v) is 6.04. The summed E-state index contributed by atoms with van der Waals surface area (Å²) in [6.07, 6.45) is -14.5. The van der Waals surface area contributed by atoms with E-state index in [9.17, 15) is 43.9 Å². The molecule has 1 nitrogen and oxygen atoms in total. The molecular formula is C6H2F10I2O. The molecule has 19 heavy (non-hydrogen) atoms. The molecule has 0 unspecified atom stereocenters. The van der Waals surface area contributed by atoms with Crippen LogP contribution in [0.3, 0.4) is 0 Å². The van der Waals surface area contributed by atoms with Crippen LogP contribution in [0.15, 0.2) is 0 Å². The molecule has 0 aromatic rings. The van der Waals surface area contributed by atoms with E-state index in [2.05, 4.69) is 4.74 Å². The topological polar surface area (TPSA) is 9.23 Å². The van der Waals surface area contributed by atoms with Crippen molar-refractivity contribution in [2.45, 2.75) is 32.4 Å². The molecule has 0 aliphatic heterocycles. The van der Waals surface area contributed by atoms with Gasteiger partial charge < -0.3 is 0 Å². The predicted octanol–water partition coefficient (Wildman–Crippen LogP) is 5.27. The molecule has 116 valence electrons. The van der Waals surface area contributed by atoms with Crippen LogP contribution >= 0.6 is 45.2 Å². The first kappa shape index (κ1) is 19.7. The van der Waals surface area contributed by atoms with Gasteiger partial charge >= 0.3 is 26.0 Å². The van der Waals surface area contributed by atoms with Crippen molar-refractivity contribution in [1.82, 2.24) is 0 Å².